The predicted octanol–water partition coefficient (Wildman–Crippen LogP) is 3.92. The van der Waals surface area contributed by atoms with E-state index in [1.807, 2.05) is 30.3 Å². The number of benzene rings is 1. The maximum absolute atomic E-state index is 12.6. The van der Waals surface area contributed by atoms with Crippen LogP contribution in [0, 0.1) is 0 Å². The van der Waals surface area contributed by atoms with Gasteiger partial charge in [-0.2, -0.15) is 0 Å². The standard InChI is InChI=1S/C25H33N5O5/c1-32-11-5-9-26-22-8-7-17-15-21(18-13-19(34-3)16-20(14-18)35-4)24(29-23(17)28-22)30-25(31)27-10-6-12-33-2/h7-8,13-16H,5-6,9-12H2,1-4H3,(H3,26,27,28,29,30,31). The van der Waals surface area contributed by atoms with Crippen molar-refractivity contribution in [3.8, 4) is 22.6 Å². The predicted molar refractivity (Wildman–Crippen MR) is 137 cm³/mol. The van der Waals surface area contributed by atoms with E-state index in [0.717, 1.165) is 23.9 Å². The second kappa shape index (κ2) is 13.3. The van der Waals surface area contributed by atoms with Gasteiger partial charge in [-0.05, 0) is 48.7 Å². The Kier molecular flexibility index (Phi) is 9.88. The molecule has 2 amide bonds. The molecule has 1 aromatic carbocycles. The van der Waals surface area contributed by atoms with Gasteiger partial charge in [-0.15, -0.1) is 0 Å². The number of nitrogens with zero attached hydrogens (tertiary/aromatic N) is 2. The van der Waals surface area contributed by atoms with Gasteiger partial charge in [0.15, 0.2) is 5.65 Å². The van der Waals surface area contributed by atoms with Crippen molar-refractivity contribution in [1.82, 2.24) is 15.3 Å². The zero-order valence-electron chi connectivity index (χ0n) is 20.6. The highest BCUT2D eigenvalue weighted by atomic mass is 16.5. The minimum Gasteiger partial charge on any atom is -0.497 e. The van der Waals surface area contributed by atoms with Gasteiger partial charge < -0.3 is 29.6 Å². The lowest BCUT2D eigenvalue weighted by atomic mass is 10.0. The number of methoxy groups -OCH3 is 4. The van der Waals surface area contributed by atoms with E-state index < -0.39 is 0 Å². The van der Waals surface area contributed by atoms with Gasteiger partial charge in [0, 0.05) is 57.5 Å². The largest absolute Gasteiger partial charge is 0.497 e. The molecule has 0 aliphatic carbocycles. The smallest absolute Gasteiger partial charge is 0.320 e. The number of urea groups is 1. The minimum atomic E-state index is -0.363. The monoisotopic (exact) mass is 483 g/mol. The summed E-state index contributed by atoms with van der Waals surface area (Å²) in [6, 6.07) is 11.0. The third-order valence-electron chi connectivity index (χ3n) is 5.21. The highest BCUT2D eigenvalue weighted by Crippen LogP contribution is 2.35. The summed E-state index contributed by atoms with van der Waals surface area (Å²) < 4.78 is 21.0. The van der Waals surface area contributed by atoms with Crippen LogP contribution in [0.25, 0.3) is 22.2 Å². The molecule has 3 rings (SSSR count). The van der Waals surface area contributed by atoms with Crippen LogP contribution in [0.2, 0.25) is 0 Å². The SMILES string of the molecule is COCCCNC(=O)Nc1nc2nc(NCCCOC)ccc2cc1-c1cc(OC)cc(OC)c1. The zero-order valence-corrected chi connectivity index (χ0v) is 20.6. The van der Waals surface area contributed by atoms with Crippen LogP contribution in [0.3, 0.4) is 0 Å². The third-order valence-corrected chi connectivity index (χ3v) is 5.21. The molecule has 2 aromatic heterocycles. The number of anilines is 2. The van der Waals surface area contributed by atoms with Crippen molar-refractivity contribution in [1.29, 1.82) is 0 Å². The van der Waals surface area contributed by atoms with Crippen molar-refractivity contribution in [3.63, 3.8) is 0 Å². The molecule has 0 spiro atoms. The van der Waals surface area contributed by atoms with E-state index in [4.69, 9.17) is 23.9 Å². The molecule has 0 fully saturated rings. The van der Waals surface area contributed by atoms with Gasteiger partial charge in [0.2, 0.25) is 0 Å². The Morgan fingerprint density at radius 1 is 0.857 bits per heavy atom. The number of nitrogens with one attached hydrogen (secondary N) is 3. The summed E-state index contributed by atoms with van der Waals surface area (Å²) in [7, 11) is 6.49. The van der Waals surface area contributed by atoms with Gasteiger partial charge >= 0.3 is 6.03 Å². The lowest BCUT2D eigenvalue weighted by Gasteiger charge is -2.15. The molecule has 10 heteroatoms. The van der Waals surface area contributed by atoms with E-state index >= 15 is 0 Å². The van der Waals surface area contributed by atoms with Gasteiger partial charge in [0.25, 0.3) is 0 Å². The molecule has 35 heavy (non-hydrogen) atoms. The number of amides is 2. The molecular weight excluding hydrogens is 450 g/mol. The van der Waals surface area contributed by atoms with Crippen LogP contribution in [0.1, 0.15) is 12.8 Å². The van der Waals surface area contributed by atoms with Crippen molar-refractivity contribution in [2.75, 3.05) is 65.4 Å². The van der Waals surface area contributed by atoms with Crippen LogP contribution < -0.4 is 25.4 Å². The van der Waals surface area contributed by atoms with Gasteiger partial charge in [-0.1, -0.05) is 0 Å². The number of fused-ring (bicyclic) bond motifs is 1. The Morgan fingerprint density at radius 2 is 1.54 bits per heavy atom. The van der Waals surface area contributed by atoms with Crippen LogP contribution in [0.4, 0.5) is 16.4 Å². The highest BCUT2D eigenvalue weighted by molar-refractivity contribution is 5.96. The number of pyridine rings is 2. The Bertz CT molecular complexity index is 1100. The molecule has 188 valence electrons. The first-order valence-corrected chi connectivity index (χ1v) is 11.4. The number of carbonyl (C=O) groups excluding carboxylic acids is 1. The molecule has 0 saturated carbocycles. The van der Waals surface area contributed by atoms with E-state index in [9.17, 15) is 4.79 Å². The fourth-order valence-electron chi connectivity index (χ4n) is 3.43. The number of ether oxygens (including phenoxy) is 4. The normalized spacial score (nSPS) is 10.7. The third kappa shape index (κ3) is 7.43. The molecule has 0 unspecified atom stereocenters. The first kappa shape index (κ1) is 26.0. The summed E-state index contributed by atoms with van der Waals surface area (Å²) >= 11 is 0. The Morgan fingerprint density at radius 3 is 2.20 bits per heavy atom. The molecule has 0 aliphatic rings. The van der Waals surface area contributed by atoms with E-state index in [1.165, 1.54) is 0 Å². The zero-order chi connectivity index (χ0) is 25.0. The maximum atomic E-state index is 12.6. The number of aromatic nitrogens is 2. The van der Waals surface area contributed by atoms with E-state index in [0.29, 0.717) is 60.5 Å². The summed E-state index contributed by atoms with van der Waals surface area (Å²) in [6.07, 6.45) is 1.56. The van der Waals surface area contributed by atoms with Crippen molar-refractivity contribution in [3.05, 3.63) is 36.4 Å². The molecule has 3 aromatic rings. The van der Waals surface area contributed by atoms with Gasteiger partial charge in [-0.3, -0.25) is 5.32 Å². The van der Waals surface area contributed by atoms with Gasteiger partial charge in [0.1, 0.15) is 23.1 Å². The summed E-state index contributed by atoms with van der Waals surface area (Å²) in [5.41, 5.74) is 2.01. The van der Waals surface area contributed by atoms with Crippen LogP contribution in [0.15, 0.2) is 36.4 Å². The fraction of sp³-hybridized carbons (Fsp3) is 0.400. The molecule has 3 N–H and O–H groups in total. The molecule has 10 nitrogen and oxygen atoms in total. The Balaban J connectivity index is 1.97. The van der Waals surface area contributed by atoms with Crippen LogP contribution in [-0.2, 0) is 9.47 Å². The topological polar surface area (TPSA) is 116 Å². The van der Waals surface area contributed by atoms with Crippen molar-refractivity contribution in [2.45, 2.75) is 12.8 Å². The molecule has 0 bridgehead atoms. The van der Waals surface area contributed by atoms with Crippen LogP contribution in [-0.4, -0.2) is 70.7 Å². The quantitative estimate of drug-likeness (QED) is 0.313. The summed E-state index contributed by atoms with van der Waals surface area (Å²) in [5, 5.41) is 9.80. The van der Waals surface area contributed by atoms with E-state index in [-0.39, 0.29) is 6.03 Å². The second-order valence-electron chi connectivity index (χ2n) is 7.73. The summed E-state index contributed by atoms with van der Waals surface area (Å²) in [4.78, 5) is 21.9. The summed E-state index contributed by atoms with van der Waals surface area (Å²) in [5.74, 6) is 2.33. The minimum absolute atomic E-state index is 0.363. The van der Waals surface area contributed by atoms with Crippen LogP contribution in [0.5, 0.6) is 11.5 Å². The maximum Gasteiger partial charge on any atom is 0.320 e. The van der Waals surface area contributed by atoms with E-state index in [1.54, 1.807) is 34.5 Å². The molecule has 0 saturated heterocycles. The van der Waals surface area contributed by atoms with Crippen molar-refractivity contribution >= 4 is 28.7 Å². The van der Waals surface area contributed by atoms with Crippen LogP contribution >= 0.6 is 0 Å². The average molecular weight is 484 g/mol. The first-order valence-electron chi connectivity index (χ1n) is 11.4. The van der Waals surface area contributed by atoms with Gasteiger partial charge in [-0.25, -0.2) is 14.8 Å². The second-order valence-corrected chi connectivity index (χ2v) is 7.73. The molecular formula is C25H33N5O5. The molecule has 2 heterocycles. The molecule has 0 aliphatic heterocycles. The Hall–Kier alpha value is -3.63. The molecule has 0 radical (unpaired) electrons. The lowest BCUT2D eigenvalue weighted by Crippen LogP contribution is -2.30. The summed E-state index contributed by atoms with van der Waals surface area (Å²) in [6.45, 7) is 2.43. The van der Waals surface area contributed by atoms with Crippen molar-refractivity contribution in [2.24, 2.45) is 0 Å². The Labute approximate surface area is 205 Å². The number of hydrogen-bond donors (Lipinski definition) is 3. The fourth-order valence-corrected chi connectivity index (χ4v) is 3.43. The highest BCUT2D eigenvalue weighted by Gasteiger charge is 2.15. The molecule has 0 atom stereocenters. The van der Waals surface area contributed by atoms with E-state index in [2.05, 4.69) is 20.9 Å². The van der Waals surface area contributed by atoms with Gasteiger partial charge in [0.05, 0.1) is 14.2 Å². The lowest BCUT2D eigenvalue weighted by molar-refractivity contribution is 0.194. The average Bonchev–Trinajstić information content (AvgIpc) is 2.88. The number of carbonyl (C=O) groups is 1. The number of hydrogen-bond acceptors (Lipinski definition) is 8. The first-order chi connectivity index (χ1) is 17.1. The van der Waals surface area contributed by atoms with Crippen molar-refractivity contribution < 1.29 is 23.7 Å². The number of rotatable bonds is 13.